The largest absolute Gasteiger partial charge is 0.463 e. The SMILES string of the molecule is Cn1c(=O)n2n(c1=O)C1CC3(Cl)C(=O)N(c4c(F)c(F)c(F)c(F)c4F)C(=O)C3(Cl)C(c3ccc(CO)o3)C1=CC2. The van der Waals surface area contributed by atoms with Crippen molar-refractivity contribution in [2.75, 3.05) is 4.90 Å². The molecule has 1 aromatic carbocycles. The number of aliphatic hydroxyl groups excluding tert-OH is 1. The van der Waals surface area contributed by atoms with Crippen LogP contribution in [0.3, 0.4) is 0 Å². The molecule has 1 aliphatic carbocycles. The lowest BCUT2D eigenvalue weighted by molar-refractivity contribution is -0.122. The summed E-state index contributed by atoms with van der Waals surface area (Å²) in [7, 11) is 1.19. The highest BCUT2D eigenvalue weighted by molar-refractivity contribution is 6.58. The summed E-state index contributed by atoms with van der Waals surface area (Å²) >= 11 is 13.7. The number of nitrogens with zero attached hydrogens (tertiary/aromatic N) is 4. The fraction of sp³-hybridized carbons (Fsp3) is 0.333. The number of alkyl halides is 2. The average Bonchev–Trinajstić information content (AvgIpc) is 3.55. The zero-order chi connectivity index (χ0) is 29.9. The molecule has 10 nitrogen and oxygen atoms in total. The summed E-state index contributed by atoms with van der Waals surface area (Å²) in [5.74, 6) is -17.4. The second-order valence-corrected chi connectivity index (χ2v) is 11.0. The van der Waals surface area contributed by atoms with Gasteiger partial charge in [0.1, 0.15) is 23.8 Å². The van der Waals surface area contributed by atoms with Gasteiger partial charge in [-0.3, -0.25) is 9.59 Å². The summed E-state index contributed by atoms with van der Waals surface area (Å²) < 4.78 is 80.3. The van der Waals surface area contributed by atoms with Crippen molar-refractivity contribution in [3.8, 4) is 0 Å². The van der Waals surface area contributed by atoms with Crippen LogP contribution in [0.5, 0.6) is 0 Å². The first-order valence-electron chi connectivity index (χ1n) is 11.8. The van der Waals surface area contributed by atoms with Crippen molar-refractivity contribution in [1.29, 1.82) is 0 Å². The van der Waals surface area contributed by atoms with Gasteiger partial charge in [-0.15, -0.1) is 23.2 Å². The number of imide groups is 1. The van der Waals surface area contributed by atoms with E-state index in [0.717, 1.165) is 13.9 Å². The Morgan fingerprint density at radius 3 is 2.15 bits per heavy atom. The lowest BCUT2D eigenvalue weighted by atomic mass is 9.65. The van der Waals surface area contributed by atoms with Crippen LogP contribution in [-0.4, -0.2) is 40.6 Å². The molecule has 1 saturated carbocycles. The van der Waals surface area contributed by atoms with Crippen LogP contribution >= 0.6 is 23.2 Å². The first-order valence-corrected chi connectivity index (χ1v) is 12.5. The number of carbonyl (C=O) groups is 2. The van der Waals surface area contributed by atoms with E-state index in [2.05, 4.69) is 0 Å². The summed E-state index contributed by atoms with van der Waals surface area (Å²) in [6, 6.07) is 1.32. The number of carbonyl (C=O) groups excluding carboxylic acids is 2. The highest BCUT2D eigenvalue weighted by atomic mass is 35.5. The predicted octanol–water partition coefficient (Wildman–Crippen LogP) is 2.33. The highest BCUT2D eigenvalue weighted by Gasteiger charge is 2.76. The van der Waals surface area contributed by atoms with Crippen LogP contribution in [0, 0.1) is 29.1 Å². The quantitative estimate of drug-likeness (QED) is 0.120. The zero-order valence-corrected chi connectivity index (χ0v) is 21.9. The molecule has 2 aliphatic heterocycles. The van der Waals surface area contributed by atoms with Crippen LogP contribution in [0.25, 0.3) is 0 Å². The molecule has 3 aliphatic rings. The van der Waals surface area contributed by atoms with E-state index in [4.69, 9.17) is 27.6 Å². The predicted molar refractivity (Wildman–Crippen MR) is 129 cm³/mol. The minimum atomic E-state index is -2.71. The molecule has 0 bridgehead atoms. The minimum Gasteiger partial charge on any atom is -0.463 e. The van der Waals surface area contributed by atoms with Gasteiger partial charge in [0, 0.05) is 13.5 Å². The second-order valence-electron chi connectivity index (χ2n) is 9.75. The van der Waals surface area contributed by atoms with E-state index in [1.807, 2.05) is 0 Å². The summed E-state index contributed by atoms with van der Waals surface area (Å²) in [6.07, 6.45) is 0.713. The third-order valence-electron chi connectivity index (χ3n) is 7.80. The molecular formula is C24H15Cl2F5N4O6. The Labute approximate surface area is 234 Å². The van der Waals surface area contributed by atoms with E-state index in [9.17, 15) is 46.2 Å². The molecule has 2 amide bonds. The molecule has 3 aromatic rings. The average molecular weight is 621 g/mol. The van der Waals surface area contributed by atoms with Crippen LogP contribution in [-0.2, 0) is 29.8 Å². The number of aromatic nitrogens is 3. The van der Waals surface area contributed by atoms with E-state index >= 15 is 0 Å². The van der Waals surface area contributed by atoms with E-state index in [1.54, 1.807) is 0 Å². The number of aliphatic hydroxyl groups is 1. The van der Waals surface area contributed by atoms with Crippen molar-refractivity contribution in [2.45, 2.75) is 41.3 Å². The molecule has 2 aromatic heterocycles. The van der Waals surface area contributed by atoms with Gasteiger partial charge in [-0.05, 0) is 17.7 Å². The molecule has 4 heterocycles. The van der Waals surface area contributed by atoms with E-state index in [0.29, 0.717) is 0 Å². The monoisotopic (exact) mass is 620 g/mol. The third kappa shape index (κ3) is 3.16. The molecule has 1 saturated heterocycles. The van der Waals surface area contributed by atoms with E-state index in [1.165, 1.54) is 25.3 Å². The molecule has 17 heteroatoms. The van der Waals surface area contributed by atoms with Crippen LogP contribution in [0.1, 0.15) is 29.9 Å². The Morgan fingerprint density at radius 1 is 0.951 bits per heavy atom. The van der Waals surface area contributed by atoms with Crippen molar-refractivity contribution in [2.24, 2.45) is 7.05 Å². The van der Waals surface area contributed by atoms with Gasteiger partial charge in [0.25, 0.3) is 11.8 Å². The normalized spacial score (nSPS) is 27.1. The maximum atomic E-state index is 14.9. The first kappa shape index (κ1) is 27.5. The third-order valence-corrected chi connectivity index (χ3v) is 9.22. The van der Waals surface area contributed by atoms with E-state index < -0.39 is 92.7 Å². The van der Waals surface area contributed by atoms with Gasteiger partial charge in [-0.1, -0.05) is 6.08 Å². The molecule has 4 atom stereocenters. The van der Waals surface area contributed by atoms with Crippen molar-refractivity contribution in [3.05, 3.63) is 85.4 Å². The van der Waals surface area contributed by atoms with Crippen LogP contribution < -0.4 is 16.3 Å². The zero-order valence-electron chi connectivity index (χ0n) is 20.4. The Bertz CT molecular complexity index is 1830. The smallest absolute Gasteiger partial charge is 0.347 e. The van der Waals surface area contributed by atoms with Crippen molar-refractivity contribution < 1.29 is 41.1 Å². The van der Waals surface area contributed by atoms with Crippen LogP contribution in [0.2, 0.25) is 0 Å². The van der Waals surface area contributed by atoms with Crippen molar-refractivity contribution in [1.82, 2.24) is 13.9 Å². The van der Waals surface area contributed by atoms with Crippen LogP contribution in [0.15, 0.2) is 37.8 Å². The summed E-state index contributed by atoms with van der Waals surface area (Å²) in [5.41, 5.74) is -3.31. The lowest BCUT2D eigenvalue weighted by Crippen LogP contribution is -2.59. The molecule has 6 rings (SSSR count). The van der Waals surface area contributed by atoms with Crippen molar-refractivity contribution in [3.63, 3.8) is 0 Å². The van der Waals surface area contributed by atoms with Gasteiger partial charge in [-0.25, -0.2) is 50.4 Å². The van der Waals surface area contributed by atoms with E-state index in [-0.39, 0.29) is 28.5 Å². The number of furan rings is 1. The standard InChI is InChI=1S/C24H15Cl2F5N4O6/c1-32-21(39)33-5-4-9-10(35(33)22(32)40)6-23(25)19(37)34(18-16(30)14(28)13(27)15(29)17(18)31)20(38)24(23,26)12(9)11-3-2-8(7-36)41-11/h2-4,10,12,36H,5-7H2,1H3. The number of benzene rings is 1. The van der Waals surface area contributed by atoms with Crippen molar-refractivity contribution >= 4 is 40.7 Å². The van der Waals surface area contributed by atoms with Gasteiger partial charge in [0.05, 0.1) is 18.5 Å². The number of amides is 2. The minimum absolute atomic E-state index is 0.0267. The summed E-state index contributed by atoms with van der Waals surface area (Å²) in [4.78, 5) is 47.8. The van der Waals surface area contributed by atoms with Gasteiger partial charge < -0.3 is 9.52 Å². The number of hydrogen-bond donors (Lipinski definition) is 1. The molecular weight excluding hydrogens is 606 g/mol. The molecule has 216 valence electrons. The summed E-state index contributed by atoms with van der Waals surface area (Å²) in [5, 5.41) is 9.54. The number of fused-ring (bicyclic) bond motifs is 4. The van der Waals surface area contributed by atoms with Gasteiger partial charge in [0.15, 0.2) is 33.0 Å². The molecule has 4 unspecified atom stereocenters. The topological polar surface area (TPSA) is 120 Å². The van der Waals surface area contributed by atoms with Gasteiger partial charge in [0.2, 0.25) is 5.82 Å². The number of halogens is 7. The number of hydrogen-bond acceptors (Lipinski definition) is 6. The summed E-state index contributed by atoms with van der Waals surface area (Å²) in [6.45, 7) is -0.825. The molecule has 0 spiro atoms. The van der Waals surface area contributed by atoms with Crippen LogP contribution in [0.4, 0.5) is 27.6 Å². The van der Waals surface area contributed by atoms with Gasteiger partial charge >= 0.3 is 11.4 Å². The second kappa shape index (κ2) is 8.66. The highest BCUT2D eigenvalue weighted by Crippen LogP contribution is 2.64. The first-order chi connectivity index (χ1) is 19.2. The lowest BCUT2D eigenvalue weighted by Gasteiger charge is -2.48. The number of anilines is 1. The number of allylic oxidation sites excluding steroid dienone is 2. The fourth-order valence-electron chi connectivity index (χ4n) is 5.88. The fourth-order valence-corrected chi connectivity index (χ4v) is 6.78. The maximum absolute atomic E-state index is 14.9. The Hall–Kier alpha value is -3.69. The number of rotatable bonds is 3. The Balaban J connectivity index is 1.64. The maximum Gasteiger partial charge on any atom is 0.347 e. The molecule has 41 heavy (non-hydrogen) atoms. The Kier molecular flexibility index (Phi) is 5.80. The molecule has 1 N–H and O–H groups in total. The molecule has 2 fully saturated rings. The Morgan fingerprint density at radius 2 is 1.56 bits per heavy atom. The molecule has 0 radical (unpaired) electrons. The van der Waals surface area contributed by atoms with Gasteiger partial charge in [-0.2, -0.15) is 0 Å².